The second kappa shape index (κ2) is 5.36. The summed E-state index contributed by atoms with van der Waals surface area (Å²) in [5.74, 6) is -0.900. The van der Waals surface area contributed by atoms with E-state index in [9.17, 15) is 9.18 Å². The van der Waals surface area contributed by atoms with Gasteiger partial charge in [0.2, 0.25) is 5.95 Å². The molecule has 1 aromatic heterocycles. The molecule has 1 heterocycles. The van der Waals surface area contributed by atoms with Gasteiger partial charge >= 0.3 is 5.97 Å². The number of aromatic nitrogens is 2. The monoisotopic (exact) mass is 284 g/mol. The third kappa shape index (κ3) is 2.50. The average Bonchev–Trinajstić information content (AvgIpc) is 2.89. The van der Waals surface area contributed by atoms with Crippen LogP contribution in [0.15, 0.2) is 42.5 Å². The molecule has 0 amide bonds. The summed E-state index contributed by atoms with van der Waals surface area (Å²) in [6.07, 6.45) is 0. The lowest BCUT2D eigenvalue weighted by Crippen LogP contribution is -2.04. The van der Waals surface area contributed by atoms with Crippen molar-refractivity contribution in [3.8, 4) is 11.1 Å². The lowest BCUT2D eigenvalue weighted by molar-refractivity contribution is 0.0526. The molecule has 0 fully saturated rings. The van der Waals surface area contributed by atoms with E-state index in [2.05, 4.69) is 10.2 Å². The molecule has 0 aliphatic heterocycles. The summed E-state index contributed by atoms with van der Waals surface area (Å²) in [7, 11) is 0. The van der Waals surface area contributed by atoms with E-state index in [-0.39, 0.29) is 5.97 Å². The number of esters is 1. The standard InChI is InChI=1S/C16H13FN2O2/c1-2-21-16(20)12-5-3-4-10(8-12)11-6-7-14-13(9-11)15(17)19-18-14/h3-9H,2H2,1H3,(H,18,19). The SMILES string of the molecule is CCOC(=O)c1cccc(-c2ccc3[nH]nc(F)c3c2)c1. The highest BCUT2D eigenvalue weighted by atomic mass is 19.1. The Balaban J connectivity index is 2.03. The number of H-pyrrole nitrogens is 1. The number of ether oxygens (including phenoxy) is 1. The Morgan fingerprint density at radius 2 is 2.05 bits per heavy atom. The summed E-state index contributed by atoms with van der Waals surface area (Å²) in [6, 6.07) is 12.4. The predicted octanol–water partition coefficient (Wildman–Crippen LogP) is 3.55. The third-order valence-corrected chi connectivity index (χ3v) is 3.22. The number of hydrogen-bond donors (Lipinski definition) is 1. The minimum Gasteiger partial charge on any atom is -0.462 e. The Kier molecular flexibility index (Phi) is 3.39. The van der Waals surface area contributed by atoms with Crippen LogP contribution in [0, 0.1) is 5.95 Å². The van der Waals surface area contributed by atoms with Crippen molar-refractivity contribution in [2.24, 2.45) is 0 Å². The van der Waals surface area contributed by atoms with E-state index in [1.54, 1.807) is 37.3 Å². The summed E-state index contributed by atoms with van der Waals surface area (Å²) >= 11 is 0. The lowest BCUT2D eigenvalue weighted by atomic mass is 10.0. The maximum atomic E-state index is 13.5. The first-order chi connectivity index (χ1) is 10.2. The Bertz CT molecular complexity index is 811. The van der Waals surface area contributed by atoms with Crippen LogP contribution in [0.2, 0.25) is 0 Å². The number of nitrogens with zero attached hydrogens (tertiary/aromatic N) is 1. The van der Waals surface area contributed by atoms with Crippen LogP contribution in [-0.4, -0.2) is 22.8 Å². The van der Waals surface area contributed by atoms with Crippen LogP contribution >= 0.6 is 0 Å². The normalized spacial score (nSPS) is 10.8. The molecule has 0 aliphatic rings. The molecule has 3 aromatic rings. The number of rotatable bonds is 3. The summed E-state index contributed by atoms with van der Waals surface area (Å²) in [5, 5.41) is 6.57. The van der Waals surface area contributed by atoms with Crippen molar-refractivity contribution >= 4 is 16.9 Å². The first-order valence-electron chi connectivity index (χ1n) is 6.60. The zero-order valence-corrected chi connectivity index (χ0v) is 11.4. The molecule has 4 nitrogen and oxygen atoms in total. The Morgan fingerprint density at radius 1 is 1.24 bits per heavy atom. The largest absolute Gasteiger partial charge is 0.462 e. The molecule has 0 saturated carbocycles. The molecule has 0 atom stereocenters. The second-order valence-corrected chi connectivity index (χ2v) is 4.58. The molecule has 106 valence electrons. The first-order valence-corrected chi connectivity index (χ1v) is 6.60. The number of nitrogens with one attached hydrogen (secondary N) is 1. The number of fused-ring (bicyclic) bond motifs is 1. The molecule has 0 saturated heterocycles. The molecule has 5 heteroatoms. The fourth-order valence-corrected chi connectivity index (χ4v) is 2.20. The van der Waals surface area contributed by atoms with Gasteiger partial charge in [-0.15, -0.1) is 5.10 Å². The van der Waals surface area contributed by atoms with E-state index in [4.69, 9.17) is 4.74 Å². The summed E-state index contributed by atoms with van der Waals surface area (Å²) in [4.78, 5) is 11.8. The fraction of sp³-hybridized carbons (Fsp3) is 0.125. The number of benzene rings is 2. The van der Waals surface area contributed by atoms with Crippen LogP contribution in [0.3, 0.4) is 0 Å². The highest BCUT2D eigenvalue weighted by Crippen LogP contribution is 2.25. The van der Waals surface area contributed by atoms with Crippen LogP contribution in [0.4, 0.5) is 4.39 Å². The van der Waals surface area contributed by atoms with Gasteiger partial charge < -0.3 is 4.74 Å². The fourth-order valence-electron chi connectivity index (χ4n) is 2.20. The maximum Gasteiger partial charge on any atom is 0.338 e. The van der Waals surface area contributed by atoms with Crippen molar-refractivity contribution in [2.45, 2.75) is 6.92 Å². The van der Waals surface area contributed by atoms with Gasteiger partial charge in [-0.1, -0.05) is 18.2 Å². The van der Waals surface area contributed by atoms with Gasteiger partial charge in [0, 0.05) is 0 Å². The molecular formula is C16H13FN2O2. The molecule has 0 bridgehead atoms. The zero-order valence-electron chi connectivity index (χ0n) is 11.4. The van der Waals surface area contributed by atoms with E-state index >= 15 is 0 Å². The van der Waals surface area contributed by atoms with Crippen molar-refractivity contribution in [3.05, 3.63) is 54.0 Å². The van der Waals surface area contributed by atoms with E-state index in [1.807, 2.05) is 12.1 Å². The van der Waals surface area contributed by atoms with E-state index in [0.717, 1.165) is 11.1 Å². The quantitative estimate of drug-likeness (QED) is 0.748. The van der Waals surface area contributed by atoms with Crippen LogP contribution in [-0.2, 0) is 4.74 Å². The van der Waals surface area contributed by atoms with Crippen molar-refractivity contribution in [1.29, 1.82) is 0 Å². The van der Waals surface area contributed by atoms with Crippen LogP contribution < -0.4 is 0 Å². The summed E-state index contributed by atoms with van der Waals surface area (Å²) in [6.45, 7) is 2.09. The minimum absolute atomic E-state index is 0.329. The molecule has 2 aromatic carbocycles. The van der Waals surface area contributed by atoms with E-state index < -0.39 is 5.95 Å². The smallest absolute Gasteiger partial charge is 0.338 e. The van der Waals surface area contributed by atoms with Crippen molar-refractivity contribution in [3.63, 3.8) is 0 Å². The van der Waals surface area contributed by atoms with Gasteiger partial charge in [0.1, 0.15) is 0 Å². The van der Waals surface area contributed by atoms with Crippen molar-refractivity contribution in [2.75, 3.05) is 6.61 Å². The number of halogens is 1. The van der Waals surface area contributed by atoms with Crippen molar-refractivity contribution in [1.82, 2.24) is 10.2 Å². The van der Waals surface area contributed by atoms with Gasteiger partial charge in [0.05, 0.1) is 23.1 Å². The number of aromatic amines is 1. The molecule has 1 N–H and O–H groups in total. The van der Waals surface area contributed by atoms with Gasteiger partial charge in [-0.3, -0.25) is 5.10 Å². The van der Waals surface area contributed by atoms with Gasteiger partial charge in [-0.25, -0.2) is 4.79 Å². The van der Waals surface area contributed by atoms with Crippen LogP contribution in [0.1, 0.15) is 17.3 Å². The first kappa shape index (κ1) is 13.3. The maximum absolute atomic E-state index is 13.5. The third-order valence-electron chi connectivity index (χ3n) is 3.22. The summed E-state index contributed by atoms with van der Waals surface area (Å²) in [5.41, 5.74) is 2.75. The minimum atomic E-state index is -0.534. The Labute approximate surface area is 120 Å². The molecule has 0 aliphatic carbocycles. The van der Waals surface area contributed by atoms with Gasteiger partial charge in [0.25, 0.3) is 0 Å². The van der Waals surface area contributed by atoms with Crippen molar-refractivity contribution < 1.29 is 13.9 Å². The van der Waals surface area contributed by atoms with Gasteiger partial charge in [-0.2, -0.15) is 4.39 Å². The predicted molar refractivity (Wildman–Crippen MR) is 77.4 cm³/mol. The summed E-state index contributed by atoms with van der Waals surface area (Å²) < 4.78 is 18.5. The molecule has 3 rings (SSSR count). The number of carbonyl (C=O) groups excluding carboxylic acids is 1. The zero-order chi connectivity index (χ0) is 14.8. The van der Waals surface area contributed by atoms with Crippen LogP contribution in [0.5, 0.6) is 0 Å². The molecule has 0 unspecified atom stereocenters. The Morgan fingerprint density at radius 3 is 2.86 bits per heavy atom. The second-order valence-electron chi connectivity index (χ2n) is 4.58. The highest BCUT2D eigenvalue weighted by Gasteiger charge is 2.10. The number of hydrogen-bond acceptors (Lipinski definition) is 3. The lowest BCUT2D eigenvalue weighted by Gasteiger charge is -2.05. The topological polar surface area (TPSA) is 55.0 Å². The molecule has 0 radical (unpaired) electrons. The molecule has 0 spiro atoms. The number of carbonyl (C=O) groups is 1. The molecule has 21 heavy (non-hydrogen) atoms. The molecular weight excluding hydrogens is 271 g/mol. The van der Waals surface area contributed by atoms with E-state index in [0.29, 0.717) is 23.1 Å². The van der Waals surface area contributed by atoms with Gasteiger partial charge in [-0.05, 0) is 42.3 Å². The Hall–Kier alpha value is -2.69. The highest BCUT2D eigenvalue weighted by molar-refractivity contribution is 5.92. The average molecular weight is 284 g/mol. The van der Waals surface area contributed by atoms with E-state index in [1.165, 1.54) is 0 Å². The van der Waals surface area contributed by atoms with Crippen LogP contribution in [0.25, 0.3) is 22.0 Å². The van der Waals surface area contributed by atoms with Gasteiger partial charge in [0.15, 0.2) is 0 Å².